The van der Waals surface area contributed by atoms with Crippen LogP contribution in [0.2, 0.25) is 0 Å². The lowest BCUT2D eigenvalue weighted by molar-refractivity contribution is -0.115. The van der Waals surface area contributed by atoms with Crippen molar-refractivity contribution in [2.45, 2.75) is 56.3 Å². The molecule has 4 aromatic rings. The van der Waals surface area contributed by atoms with E-state index >= 15 is 0 Å². The van der Waals surface area contributed by atoms with E-state index in [1.807, 2.05) is 69.5 Å². The number of rotatable bonds is 7. The molecule has 2 aromatic carbocycles. The van der Waals surface area contributed by atoms with Gasteiger partial charge in [0, 0.05) is 9.77 Å². The average Bonchev–Trinajstić information content (AvgIpc) is 3.16. The van der Waals surface area contributed by atoms with Gasteiger partial charge in [-0.25, -0.2) is 4.98 Å². The van der Waals surface area contributed by atoms with Crippen molar-refractivity contribution in [1.29, 1.82) is 0 Å². The lowest BCUT2D eigenvalue weighted by Crippen LogP contribution is -2.26. The summed E-state index contributed by atoms with van der Waals surface area (Å²) in [5.41, 5.74) is 4.78. The highest BCUT2D eigenvalue weighted by atomic mass is 32.2. The van der Waals surface area contributed by atoms with E-state index in [1.165, 1.54) is 11.8 Å². The van der Waals surface area contributed by atoms with Crippen LogP contribution >= 0.6 is 34.9 Å². The fraction of sp³-hybridized carbons (Fsp3) is 0.296. The van der Waals surface area contributed by atoms with Crippen molar-refractivity contribution in [3.8, 4) is 5.69 Å². The van der Waals surface area contributed by atoms with Crippen LogP contribution < -0.4 is 10.9 Å². The number of amides is 1. The van der Waals surface area contributed by atoms with Gasteiger partial charge in [0.15, 0.2) is 5.16 Å². The number of fused-ring (bicyclic) bond motifs is 1. The summed E-state index contributed by atoms with van der Waals surface area (Å²) >= 11 is 4.44. The highest BCUT2D eigenvalue weighted by Crippen LogP contribution is 2.33. The third kappa shape index (κ3) is 5.06. The summed E-state index contributed by atoms with van der Waals surface area (Å²) in [5, 5.41) is 3.79. The number of anilines is 1. The van der Waals surface area contributed by atoms with Crippen molar-refractivity contribution in [2.24, 2.45) is 0 Å². The van der Waals surface area contributed by atoms with E-state index in [2.05, 4.69) is 19.2 Å². The number of aryl methyl sites for hydroxylation is 4. The molecule has 0 fully saturated rings. The van der Waals surface area contributed by atoms with Crippen LogP contribution in [0.1, 0.15) is 35.4 Å². The Kier molecular flexibility index (Phi) is 7.73. The fourth-order valence-corrected chi connectivity index (χ4v) is 6.62. The SMILES string of the molecule is CCc1c(C)sc2nc(SC(C)C(=O)Nc3ccccc3SC)n(-c3ccc(C)c(C)c3)c(=O)c12. The molecule has 4 rings (SSSR count). The first-order chi connectivity index (χ1) is 16.7. The molecule has 0 saturated carbocycles. The van der Waals surface area contributed by atoms with Gasteiger partial charge in [0.05, 0.1) is 22.0 Å². The van der Waals surface area contributed by atoms with Gasteiger partial charge in [-0.15, -0.1) is 23.1 Å². The number of aromatic nitrogens is 2. The van der Waals surface area contributed by atoms with Crippen molar-refractivity contribution < 1.29 is 4.79 Å². The third-order valence-corrected chi connectivity index (χ3v) is 9.00. The monoisotopic (exact) mass is 523 g/mol. The molecule has 35 heavy (non-hydrogen) atoms. The number of nitrogens with zero attached hydrogens (tertiary/aromatic N) is 2. The number of hydrogen-bond acceptors (Lipinski definition) is 6. The first-order valence-electron chi connectivity index (χ1n) is 11.5. The molecule has 5 nitrogen and oxygen atoms in total. The predicted molar refractivity (Wildman–Crippen MR) is 151 cm³/mol. The summed E-state index contributed by atoms with van der Waals surface area (Å²) < 4.78 is 1.67. The van der Waals surface area contributed by atoms with Crippen LogP contribution in [-0.4, -0.2) is 27.0 Å². The number of para-hydroxylation sites is 1. The van der Waals surface area contributed by atoms with E-state index in [9.17, 15) is 9.59 Å². The second kappa shape index (κ2) is 10.6. The van der Waals surface area contributed by atoms with Gasteiger partial charge in [-0.05, 0) is 81.3 Å². The number of benzene rings is 2. The Morgan fingerprint density at radius 3 is 2.57 bits per heavy atom. The first-order valence-corrected chi connectivity index (χ1v) is 14.4. The molecule has 0 bridgehead atoms. The molecule has 0 saturated heterocycles. The van der Waals surface area contributed by atoms with Crippen molar-refractivity contribution >= 4 is 56.7 Å². The molecular formula is C27H29N3O2S3. The fourth-order valence-electron chi connectivity index (χ4n) is 3.99. The molecule has 0 aliphatic heterocycles. The van der Waals surface area contributed by atoms with Crippen molar-refractivity contribution in [2.75, 3.05) is 11.6 Å². The van der Waals surface area contributed by atoms with Crippen LogP contribution in [0, 0.1) is 20.8 Å². The molecule has 0 radical (unpaired) electrons. The zero-order chi connectivity index (χ0) is 25.3. The molecule has 1 N–H and O–H groups in total. The van der Waals surface area contributed by atoms with Gasteiger partial charge in [-0.2, -0.15) is 0 Å². The lowest BCUT2D eigenvalue weighted by Gasteiger charge is -2.17. The summed E-state index contributed by atoms with van der Waals surface area (Å²) in [6, 6.07) is 13.7. The van der Waals surface area contributed by atoms with Crippen LogP contribution in [0.4, 0.5) is 5.69 Å². The molecule has 8 heteroatoms. The zero-order valence-electron chi connectivity index (χ0n) is 20.8. The third-order valence-electron chi connectivity index (χ3n) is 6.11. The van der Waals surface area contributed by atoms with Gasteiger partial charge in [-0.3, -0.25) is 14.2 Å². The smallest absolute Gasteiger partial charge is 0.267 e. The number of thiophene rings is 1. The summed E-state index contributed by atoms with van der Waals surface area (Å²) in [5.74, 6) is -0.130. The summed E-state index contributed by atoms with van der Waals surface area (Å²) in [4.78, 5) is 34.8. The number of carbonyl (C=O) groups excluding carboxylic acids is 1. The molecule has 0 spiro atoms. The summed E-state index contributed by atoms with van der Waals surface area (Å²) in [6.45, 7) is 10.0. The Morgan fingerprint density at radius 2 is 1.89 bits per heavy atom. The van der Waals surface area contributed by atoms with Crippen LogP contribution in [0.15, 0.2) is 57.3 Å². The van der Waals surface area contributed by atoms with E-state index in [4.69, 9.17) is 4.98 Å². The minimum atomic E-state index is -0.459. The topological polar surface area (TPSA) is 64.0 Å². The molecule has 1 amide bonds. The second-order valence-electron chi connectivity index (χ2n) is 8.42. The Hall–Kier alpha value is -2.55. The Morgan fingerprint density at radius 1 is 1.14 bits per heavy atom. The molecule has 1 atom stereocenters. The van der Waals surface area contributed by atoms with Crippen molar-refractivity contribution in [3.05, 3.63) is 74.4 Å². The predicted octanol–water partition coefficient (Wildman–Crippen LogP) is 6.78. The van der Waals surface area contributed by atoms with E-state index in [0.29, 0.717) is 10.5 Å². The molecule has 182 valence electrons. The highest BCUT2D eigenvalue weighted by Gasteiger charge is 2.23. The molecule has 0 aliphatic rings. The van der Waals surface area contributed by atoms with Gasteiger partial charge < -0.3 is 5.32 Å². The molecule has 2 heterocycles. The van der Waals surface area contributed by atoms with Crippen LogP contribution in [-0.2, 0) is 11.2 Å². The van der Waals surface area contributed by atoms with Gasteiger partial charge in [0.2, 0.25) is 5.91 Å². The molecular weight excluding hydrogens is 495 g/mol. The maximum atomic E-state index is 13.9. The standard InChI is InChI=1S/C27H29N3O2S3/c1-7-20-17(4)34-25-23(20)26(32)30(19-13-12-15(2)16(3)14-19)27(29-25)35-18(5)24(31)28-21-10-8-9-11-22(21)33-6/h8-14,18H,7H2,1-6H3,(H,28,31). The number of hydrogen-bond donors (Lipinski definition) is 1. The van der Waals surface area contributed by atoms with Gasteiger partial charge in [-0.1, -0.05) is 36.9 Å². The van der Waals surface area contributed by atoms with Crippen molar-refractivity contribution in [1.82, 2.24) is 9.55 Å². The van der Waals surface area contributed by atoms with Crippen LogP contribution in [0.5, 0.6) is 0 Å². The first kappa shape index (κ1) is 25.5. The van der Waals surface area contributed by atoms with E-state index in [0.717, 1.165) is 49.1 Å². The maximum absolute atomic E-state index is 13.9. The molecule has 2 aromatic heterocycles. The van der Waals surface area contributed by atoms with E-state index in [-0.39, 0.29) is 11.5 Å². The minimum absolute atomic E-state index is 0.0812. The molecule has 1 unspecified atom stereocenters. The summed E-state index contributed by atoms with van der Waals surface area (Å²) in [7, 11) is 0. The number of carbonyl (C=O) groups is 1. The minimum Gasteiger partial charge on any atom is -0.324 e. The van der Waals surface area contributed by atoms with E-state index in [1.54, 1.807) is 27.7 Å². The summed E-state index contributed by atoms with van der Waals surface area (Å²) in [6.07, 6.45) is 2.76. The van der Waals surface area contributed by atoms with Gasteiger partial charge in [0.25, 0.3) is 5.56 Å². The number of nitrogens with one attached hydrogen (secondary N) is 1. The second-order valence-corrected chi connectivity index (χ2v) is 11.8. The Bertz CT molecular complexity index is 1470. The quantitative estimate of drug-likeness (QED) is 0.214. The average molecular weight is 524 g/mol. The van der Waals surface area contributed by atoms with Crippen LogP contribution in [0.3, 0.4) is 0 Å². The zero-order valence-corrected chi connectivity index (χ0v) is 23.2. The number of thioether (sulfide) groups is 2. The maximum Gasteiger partial charge on any atom is 0.267 e. The largest absolute Gasteiger partial charge is 0.324 e. The molecule has 0 aliphatic carbocycles. The van der Waals surface area contributed by atoms with E-state index < -0.39 is 5.25 Å². The Labute approximate surface area is 218 Å². The lowest BCUT2D eigenvalue weighted by atomic mass is 10.1. The van der Waals surface area contributed by atoms with Gasteiger partial charge >= 0.3 is 0 Å². The van der Waals surface area contributed by atoms with Crippen molar-refractivity contribution in [3.63, 3.8) is 0 Å². The normalized spacial score (nSPS) is 12.2. The van der Waals surface area contributed by atoms with Crippen LogP contribution in [0.25, 0.3) is 15.9 Å². The highest BCUT2D eigenvalue weighted by molar-refractivity contribution is 8.00. The Balaban J connectivity index is 1.79. The van der Waals surface area contributed by atoms with Gasteiger partial charge in [0.1, 0.15) is 4.83 Å².